The van der Waals surface area contributed by atoms with E-state index in [1.807, 2.05) is 0 Å². The van der Waals surface area contributed by atoms with E-state index in [1.54, 1.807) is 12.5 Å². The number of hydrogen-bond acceptors (Lipinski definition) is 4. The molecule has 2 heterocycles. The van der Waals surface area contributed by atoms with Crippen molar-refractivity contribution in [2.45, 2.75) is 26.2 Å². The molecule has 0 bridgehead atoms. The zero-order chi connectivity index (χ0) is 13.8. The molecule has 2 rings (SSSR count). The third-order valence-electron chi connectivity index (χ3n) is 2.60. The number of amides is 1. The van der Waals surface area contributed by atoms with Crippen molar-refractivity contribution in [1.82, 2.24) is 20.3 Å². The molecule has 1 amide bonds. The van der Waals surface area contributed by atoms with Crippen molar-refractivity contribution in [1.29, 1.82) is 0 Å². The first-order valence-corrected chi connectivity index (χ1v) is 7.60. The van der Waals surface area contributed by atoms with Gasteiger partial charge >= 0.3 is 0 Å². The topological polar surface area (TPSA) is 70.7 Å². The van der Waals surface area contributed by atoms with Gasteiger partial charge in [0.05, 0.1) is 6.33 Å². The van der Waals surface area contributed by atoms with Gasteiger partial charge in [-0.3, -0.25) is 4.79 Å². The summed E-state index contributed by atoms with van der Waals surface area (Å²) in [5.74, 6) is 0.169. The SMILES string of the molecule is CC(C)c1sc(Br)nc1C(=O)NCCc1cnc[nH]1. The highest BCUT2D eigenvalue weighted by atomic mass is 79.9. The Kier molecular flexibility index (Phi) is 4.71. The summed E-state index contributed by atoms with van der Waals surface area (Å²) in [5, 5.41) is 2.88. The third kappa shape index (κ3) is 3.63. The zero-order valence-electron chi connectivity index (χ0n) is 10.7. The number of aromatic amines is 1. The van der Waals surface area contributed by atoms with E-state index in [4.69, 9.17) is 0 Å². The van der Waals surface area contributed by atoms with Crippen molar-refractivity contribution in [2.24, 2.45) is 0 Å². The lowest BCUT2D eigenvalue weighted by atomic mass is 10.1. The van der Waals surface area contributed by atoms with Crippen LogP contribution >= 0.6 is 27.3 Å². The first-order chi connectivity index (χ1) is 9.08. The van der Waals surface area contributed by atoms with Crippen LogP contribution in [-0.4, -0.2) is 27.4 Å². The number of halogens is 1. The second-order valence-electron chi connectivity index (χ2n) is 4.42. The molecule has 19 heavy (non-hydrogen) atoms. The van der Waals surface area contributed by atoms with Crippen molar-refractivity contribution in [3.05, 3.63) is 32.7 Å². The van der Waals surface area contributed by atoms with E-state index >= 15 is 0 Å². The van der Waals surface area contributed by atoms with Gasteiger partial charge in [0, 0.05) is 29.7 Å². The van der Waals surface area contributed by atoms with Crippen molar-refractivity contribution >= 4 is 33.2 Å². The monoisotopic (exact) mass is 342 g/mol. The molecule has 0 atom stereocenters. The summed E-state index contributed by atoms with van der Waals surface area (Å²) >= 11 is 4.84. The fourth-order valence-corrected chi connectivity index (χ4v) is 3.16. The van der Waals surface area contributed by atoms with Crippen molar-refractivity contribution in [2.75, 3.05) is 6.54 Å². The molecule has 2 aromatic heterocycles. The summed E-state index contributed by atoms with van der Waals surface area (Å²) in [5.41, 5.74) is 1.53. The molecular formula is C12H15BrN4OS. The maximum absolute atomic E-state index is 12.1. The number of imidazole rings is 1. The molecule has 0 aliphatic heterocycles. The van der Waals surface area contributed by atoms with Crippen LogP contribution < -0.4 is 5.32 Å². The van der Waals surface area contributed by atoms with Gasteiger partial charge in [-0.2, -0.15) is 0 Å². The normalized spacial score (nSPS) is 10.9. The van der Waals surface area contributed by atoms with Crippen LogP contribution in [0.2, 0.25) is 0 Å². The van der Waals surface area contributed by atoms with Gasteiger partial charge in [-0.1, -0.05) is 13.8 Å². The quantitative estimate of drug-likeness (QED) is 0.877. The number of H-pyrrole nitrogens is 1. The van der Waals surface area contributed by atoms with Crippen LogP contribution in [-0.2, 0) is 6.42 Å². The highest BCUT2D eigenvalue weighted by molar-refractivity contribution is 9.11. The van der Waals surface area contributed by atoms with Gasteiger partial charge in [0.2, 0.25) is 0 Å². The lowest BCUT2D eigenvalue weighted by molar-refractivity contribution is 0.0948. The summed E-state index contributed by atoms with van der Waals surface area (Å²) in [6, 6.07) is 0. The van der Waals surface area contributed by atoms with Gasteiger partial charge in [0.15, 0.2) is 3.92 Å². The number of aromatic nitrogens is 3. The Hall–Kier alpha value is -1.21. The first kappa shape index (κ1) is 14.2. The van der Waals surface area contributed by atoms with Crippen LogP contribution in [0.4, 0.5) is 0 Å². The molecular weight excluding hydrogens is 328 g/mol. The number of carbonyl (C=O) groups excluding carboxylic acids is 1. The Morgan fingerprint density at radius 3 is 3.00 bits per heavy atom. The molecule has 2 aromatic rings. The summed E-state index contributed by atoms with van der Waals surface area (Å²) in [6.07, 6.45) is 4.12. The third-order valence-corrected chi connectivity index (χ3v) is 4.41. The number of carbonyl (C=O) groups is 1. The van der Waals surface area contributed by atoms with Gasteiger partial charge in [-0.05, 0) is 21.8 Å². The van der Waals surface area contributed by atoms with Crippen molar-refractivity contribution in [3.8, 4) is 0 Å². The van der Waals surface area contributed by atoms with Crippen molar-refractivity contribution in [3.63, 3.8) is 0 Å². The van der Waals surface area contributed by atoms with Gasteiger partial charge in [0.1, 0.15) is 5.69 Å². The number of nitrogens with one attached hydrogen (secondary N) is 2. The number of hydrogen-bond donors (Lipinski definition) is 2. The molecule has 0 aliphatic carbocycles. The first-order valence-electron chi connectivity index (χ1n) is 5.99. The Balaban J connectivity index is 1.96. The lowest BCUT2D eigenvalue weighted by Gasteiger charge is -2.06. The fraction of sp³-hybridized carbons (Fsp3) is 0.417. The molecule has 0 aliphatic rings. The molecule has 5 nitrogen and oxygen atoms in total. The summed E-state index contributed by atoms with van der Waals surface area (Å²) < 4.78 is 0.745. The van der Waals surface area contributed by atoms with Crippen LogP contribution in [0.3, 0.4) is 0 Å². The number of thiazole rings is 1. The Morgan fingerprint density at radius 2 is 2.37 bits per heavy atom. The smallest absolute Gasteiger partial charge is 0.271 e. The molecule has 7 heteroatoms. The maximum Gasteiger partial charge on any atom is 0.271 e. The van der Waals surface area contributed by atoms with Gasteiger partial charge in [-0.15, -0.1) is 11.3 Å². The minimum Gasteiger partial charge on any atom is -0.350 e. The molecule has 2 N–H and O–H groups in total. The van der Waals surface area contributed by atoms with Crippen LogP contribution in [0.1, 0.15) is 40.8 Å². The zero-order valence-corrected chi connectivity index (χ0v) is 13.1. The van der Waals surface area contributed by atoms with E-state index in [9.17, 15) is 4.79 Å². The average Bonchev–Trinajstić information content (AvgIpc) is 2.98. The number of nitrogens with zero attached hydrogens (tertiary/aromatic N) is 2. The fourth-order valence-electron chi connectivity index (χ4n) is 1.67. The summed E-state index contributed by atoms with van der Waals surface area (Å²) in [4.78, 5) is 24.3. The highest BCUT2D eigenvalue weighted by Gasteiger charge is 2.19. The molecule has 0 unspecified atom stereocenters. The molecule has 0 aromatic carbocycles. The van der Waals surface area contributed by atoms with E-state index in [0.29, 0.717) is 12.2 Å². The Morgan fingerprint density at radius 1 is 1.58 bits per heavy atom. The minimum atomic E-state index is -0.120. The average molecular weight is 343 g/mol. The molecule has 102 valence electrons. The summed E-state index contributed by atoms with van der Waals surface area (Å²) in [7, 11) is 0. The van der Waals surface area contributed by atoms with Gasteiger partial charge in [0.25, 0.3) is 5.91 Å². The molecule has 0 fully saturated rings. The van der Waals surface area contributed by atoms with Crippen LogP contribution in [0, 0.1) is 0 Å². The van der Waals surface area contributed by atoms with Gasteiger partial charge < -0.3 is 10.3 Å². The number of rotatable bonds is 5. The van der Waals surface area contributed by atoms with E-state index in [1.165, 1.54) is 11.3 Å². The highest BCUT2D eigenvalue weighted by Crippen LogP contribution is 2.29. The van der Waals surface area contributed by atoms with E-state index in [0.717, 1.165) is 20.9 Å². The Bertz CT molecular complexity index is 550. The van der Waals surface area contributed by atoms with Gasteiger partial charge in [-0.25, -0.2) is 9.97 Å². The molecule has 0 saturated carbocycles. The molecule has 0 saturated heterocycles. The van der Waals surface area contributed by atoms with E-state index < -0.39 is 0 Å². The predicted molar refractivity (Wildman–Crippen MR) is 78.5 cm³/mol. The van der Waals surface area contributed by atoms with Crippen LogP contribution in [0.15, 0.2) is 16.4 Å². The second-order valence-corrected chi connectivity index (χ2v) is 6.72. The molecule has 0 spiro atoms. The predicted octanol–water partition coefficient (Wildman–Crippen LogP) is 2.72. The largest absolute Gasteiger partial charge is 0.350 e. The summed E-state index contributed by atoms with van der Waals surface area (Å²) in [6.45, 7) is 4.68. The van der Waals surface area contributed by atoms with E-state index in [2.05, 4.69) is 50.0 Å². The second kappa shape index (κ2) is 6.29. The van der Waals surface area contributed by atoms with Crippen molar-refractivity contribution < 1.29 is 4.79 Å². The lowest BCUT2D eigenvalue weighted by Crippen LogP contribution is -2.27. The minimum absolute atomic E-state index is 0.120. The maximum atomic E-state index is 12.1. The van der Waals surface area contributed by atoms with Crippen LogP contribution in [0.25, 0.3) is 0 Å². The van der Waals surface area contributed by atoms with E-state index in [-0.39, 0.29) is 11.8 Å². The standard InChI is InChI=1S/C12H15BrN4OS/c1-7(2)10-9(17-12(13)19-10)11(18)15-4-3-8-5-14-6-16-8/h5-7H,3-4H2,1-2H3,(H,14,16)(H,15,18). The van der Waals surface area contributed by atoms with Crippen LogP contribution in [0.5, 0.6) is 0 Å². The Labute approximate surface area is 124 Å². The molecule has 0 radical (unpaired) electrons.